The van der Waals surface area contributed by atoms with Crippen LogP contribution in [0.3, 0.4) is 0 Å². The quantitative estimate of drug-likeness (QED) is 0.585. The molecule has 1 unspecified atom stereocenters. The van der Waals surface area contributed by atoms with Crippen molar-refractivity contribution >= 4 is 21.7 Å². The lowest BCUT2D eigenvalue weighted by Crippen LogP contribution is -2.13. The van der Waals surface area contributed by atoms with Crippen molar-refractivity contribution in [2.24, 2.45) is 5.73 Å². The largest absolute Gasteiger partial charge is 0.508 e. The molecule has 0 saturated carbocycles. The molecule has 3 N–H and O–H groups in total. The Balaban J connectivity index is 1.90. The van der Waals surface area contributed by atoms with Crippen LogP contribution in [0.4, 0.5) is 0 Å². The van der Waals surface area contributed by atoms with Gasteiger partial charge in [0.25, 0.3) is 0 Å². The summed E-state index contributed by atoms with van der Waals surface area (Å²) in [5.41, 5.74) is 9.03. The summed E-state index contributed by atoms with van der Waals surface area (Å²) in [6, 6.07) is 21.1. The normalized spacial score (nSPS) is 12.6. The number of nitrogens with zero attached hydrogens (tertiary/aromatic N) is 1. The van der Waals surface area contributed by atoms with E-state index < -0.39 is 6.04 Å². The van der Waals surface area contributed by atoms with Crippen LogP contribution in [0.15, 0.2) is 72.9 Å². The number of para-hydroxylation sites is 1. The van der Waals surface area contributed by atoms with Crippen molar-refractivity contribution in [1.29, 1.82) is 0 Å². The zero-order valence-electron chi connectivity index (χ0n) is 12.5. The van der Waals surface area contributed by atoms with Gasteiger partial charge >= 0.3 is 0 Å². The molecule has 1 atom stereocenters. The zero-order chi connectivity index (χ0) is 15.8. The maximum atomic E-state index is 10.4. The van der Waals surface area contributed by atoms with Gasteiger partial charge in [-0.25, -0.2) is 0 Å². The molecule has 112 valence electrons. The Bertz CT molecular complexity index is 1010. The number of hydrogen-bond donors (Lipinski definition) is 2. The van der Waals surface area contributed by atoms with Crippen LogP contribution in [0.1, 0.15) is 17.2 Å². The second-order valence-corrected chi connectivity index (χ2v) is 5.66. The highest BCUT2D eigenvalue weighted by molar-refractivity contribution is 5.89. The molecule has 3 nitrogen and oxygen atoms in total. The van der Waals surface area contributed by atoms with Gasteiger partial charge in [0, 0.05) is 17.1 Å². The molecule has 0 aliphatic carbocycles. The van der Waals surface area contributed by atoms with E-state index in [2.05, 4.69) is 4.98 Å². The average Bonchev–Trinajstić information content (AvgIpc) is 2.60. The smallest absolute Gasteiger partial charge is 0.121 e. The molecule has 4 aromatic rings. The van der Waals surface area contributed by atoms with Gasteiger partial charge in [-0.1, -0.05) is 48.5 Å². The summed E-state index contributed by atoms with van der Waals surface area (Å²) in [6.45, 7) is 0. The lowest BCUT2D eigenvalue weighted by Gasteiger charge is -2.17. The van der Waals surface area contributed by atoms with E-state index >= 15 is 0 Å². The predicted octanol–water partition coefficient (Wildman–Crippen LogP) is 4.14. The van der Waals surface area contributed by atoms with E-state index in [4.69, 9.17) is 5.73 Å². The minimum Gasteiger partial charge on any atom is -0.508 e. The van der Waals surface area contributed by atoms with Crippen LogP contribution < -0.4 is 5.73 Å². The maximum absolute atomic E-state index is 10.4. The van der Waals surface area contributed by atoms with Crippen LogP contribution in [0, 0.1) is 0 Å². The lowest BCUT2D eigenvalue weighted by atomic mass is 9.93. The SMILES string of the molecule is NC(c1cnc2ccccc2c1)c1c(O)ccc2ccccc12. The minimum atomic E-state index is -0.432. The van der Waals surface area contributed by atoms with E-state index in [1.165, 1.54) is 0 Å². The summed E-state index contributed by atoms with van der Waals surface area (Å²) < 4.78 is 0. The number of phenolic OH excluding ortho intramolecular Hbond substituents is 1. The summed E-state index contributed by atoms with van der Waals surface area (Å²) in [7, 11) is 0. The number of phenols is 1. The van der Waals surface area contributed by atoms with Crippen LogP contribution >= 0.6 is 0 Å². The van der Waals surface area contributed by atoms with Gasteiger partial charge in [-0.2, -0.15) is 0 Å². The fourth-order valence-electron chi connectivity index (χ4n) is 3.04. The molecular formula is C20H16N2O. The van der Waals surface area contributed by atoms with E-state index in [0.29, 0.717) is 0 Å². The van der Waals surface area contributed by atoms with Crippen molar-refractivity contribution < 1.29 is 5.11 Å². The third-order valence-corrected chi connectivity index (χ3v) is 4.23. The van der Waals surface area contributed by atoms with E-state index in [1.54, 1.807) is 12.3 Å². The van der Waals surface area contributed by atoms with Crippen molar-refractivity contribution in [3.63, 3.8) is 0 Å². The number of hydrogen-bond acceptors (Lipinski definition) is 3. The van der Waals surface area contributed by atoms with Crippen LogP contribution in [0.25, 0.3) is 21.7 Å². The number of aromatic hydroxyl groups is 1. The summed E-state index contributed by atoms with van der Waals surface area (Å²) in [5.74, 6) is 0.212. The van der Waals surface area contributed by atoms with Gasteiger partial charge < -0.3 is 10.8 Å². The van der Waals surface area contributed by atoms with Gasteiger partial charge in [-0.05, 0) is 34.5 Å². The molecule has 0 saturated heterocycles. The zero-order valence-corrected chi connectivity index (χ0v) is 12.5. The molecule has 23 heavy (non-hydrogen) atoms. The van der Waals surface area contributed by atoms with Gasteiger partial charge in [0.1, 0.15) is 5.75 Å². The molecule has 4 rings (SSSR count). The fourth-order valence-corrected chi connectivity index (χ4v) is 3.04. The first kappa shape index (κ1) is 13.7. The Kier molecular flexibility index (Phi) is 3.21. The number of rotatable bonds is 2. The van der Waals surface area contributed by atoms with Crippen LogP contribution in [0.5, 0.6) is 5.75 Å². The Hall–Kier alpha value is -2.91. The topological polar surface area (TPSA) is 59.1 Å². The Labute approximate surface area is 134 Å². The van der Waals surface area contributed by atoms with Gasteiger partial charge in [-0.15, -0.1) is 0 Å². The van der Waals surface area contributed by atoms with Crippen molar-refractivity contribution in [2.45, 2.75) is 6.04 Å². The van der Waals surface area contributed by atoms with Crippen molar-refractivity contribution in [3.8, 4) is 5.75 Å². The van der Waals surface area contributed by atoms with E-state index in [9.17, 15) is 5.11 Å². The third kappa shape index (κ3) is 2.31. The third-order valence-electron chi connectivity index (χ3n) is 4.23. The standard InChI is InChI=1S/C20H16N2O/c21-20(15-11-14-6-2-4-8-17(14)22-12-15)19-16-7-3-1-5-13(16)9-10-18(19)23/h1-12,20,23H,21H2. The van der Waals surface area contributed by atoms with Crippen molar-refractivity contribution in [2.75, 3.05) is 0 Å². The number of pyridine rings is 1. The summed E-state index contributed by atoms with van der Waals surface area (Å²) in [4.78, 5) is 4.48. The van der Waals surface area contributed by atoms with Gasteiger partial charge in [0.15, 0.2) is 0 Å². The molecule has 0 radical (unpaired) electrons. The molecule has 3 heteroatoms. The molecule has 1 aromatic heterocycles. The van der Waals surface area contributed by atoms with Crippen LogP contribution in [-0.2, 0) is 0 Å². The molecule has 3 aromatic carbocycles. The van der Waals surface area contributed by atoms with Crippen LogP contribution in [0.2, 0.25) is 0 Å². The van der Waals surface area contributed by atoms with Gasteiger partial charge in [-0.3, -0.25) is 4.98 Å². The number of aromatic nitrogens is 1. The highest BCUT2D eigenvalue weighted by Gasteiger charge is 2.17. The molecule has 0 fully saturated rings. The van der Waals surface area contributed by atoms with E-state index in [-0.39, 0.29) is 5.75 Å². The molecule has 0 aliphatic heterocycles. The van der Waals surface area contributed by atoms with Gasteiger partial charge in [0.2, 0.25) is 0 Å². The molecule has 1 heterocycles. The first-order chi connectivity index (χ1) is 11.2. The number of nitrogens with two attached hydrogens (primary N) is 1. The number of benzene rings is 3. The Morgan fingerprint density at radius 1 is 0.870 bits per heavy atom. The maximum Gasteiger partial charge on any atom is 0.121 e. The highest BCUT2D eigenvalue weighted by atomic mass is 16.3. The van der Waals surface area contributed by atoms with E-state index in [1.807, 2.05) is 60.7 Å². The second kappa shape index (κ2) is 5.38. The summed E-state index contributed by atoms with van der Waals surface area (Å²) in [6.07, 6.45) is 1.79. The summed E-state index contributed by atoms with van der Waals surface area (Å²) in [5, 5.41) is 13.4. The first-order valence-electron chi connectivity index (χ1n) is 7.55. The fraction of sp³-hybridized carbons (Fsp3) is 0.0500. The van der Waals surface area contributed by atoms with Crippen molar-refractivity contribution in [3.05, 3.63) is 84.1 Å². The molecular weight excluding hydrogens is 284 g/mol. The van der Waals surface area contributed by atoms with Crippen LogP contribution in [-0.4, -0.2) is 10.1 Å². The highest BCUT2D eigenvalue weighted by Crippen LogP contribution is 2.34. The minimum absolute atomic E-state index is 0.212. The second-order valence-electron chi connectivity index (χ2n) is 5.66. The van der Waals surface area contributed by atoms with E-state index in [0.717, 1.165) is 32.8 Å². The average molecular weight is 300 g/mol. The molecule has 0 amide bonds. The molecule has 0 spiro atoms. The molecule has 0 aliphatic rings. The molecule has 0 bridgehead atoms. The monoisotopic (exact) mass is 300 g/mol. The van der Waals surface area contributed by atoms with Gasteiger partial charge in [0.05, 0.1) is 11.6 Å². The Morgan fingerprint density at radius 3 is 2.48 bits per heavy atom. The Morgan fingerprint density at radius 2 is 1.61 bits per heavy atom. The number of fused-ring (bicyclic) bond motifs is 2. The summed E-state index contributed by atoms with van der Waals surface area (Å²) >= 11 is 0. The predicted molar refractivity (Wildman–Crippen MR) is 93.4 cm³/mol. The first-order valence-corrected chi connectivity index (χ1v) is 7.55. The lowest BCUT2D eigenvalue weighted by molar-refractivity contribution is 0.466. The van der Waals surface area contributed by atoms with Crippen molar-refractivity contribution in [1.82, 2.24) is 4.98 Å².